The molecule has 3 heterocycles. The fourth-order valence-corrected chi connectivity index (χ4v) is 3.32. The molecule has 0 spiro atoms. The number of hydrogen-bond acceptors (Lipinski definition) is 6. The predicted molar refractivity (Wildman–Crippen MR) is 90.9 cm³/mol. The van der Waals surface area contributed by atoms with Crippen LogP contribution in [0.25, 0.3) is 28.1 Å². The second-order valence-electron chi connectivity index (χ2n) is 4.95. The molecule has 0 aliphatic heterocycles. The number of benzene rings is 1. The van der Waals surface area contributed by atoms with Gasteiger partial charge < -0.3 is 4.42 Å². The molecule has 0 N–H and O–H groups in total. The molecule has 0 bridgehead atoms. The summed E-state index contributed by atoms with van der Waals surface area (Å²) in [5, 5.41) is 10.6. The maximum Gasteiger partial charge on any atom is 0.433 e. The zero-order valence-electron chi connectivity index (χ0n) is 12.1. The molecular formula is C16H9N3O4S. The van der Waals surface area contributed by atoms with Gasteiger partial charge in [0.25, 0.3) is 5.56 Å². The van der Waals surface area contributed by atoms with E-state index < -0.39 is 4.92 Å². The number of para-hydroxylation sites is 2. The first kappa shape index (κ1) is 14.3. The van der Waals surface area contributed by atoms with Crippen LogP contribution in [0.2, 0.25) is 0 Å². The quantitative estimate of drug-likeness (QED) is 0.423. The fourth-order valence-electron chi connectivity index (χ4n) is 2.39. The highest BCUT2D eigenvalue weighted by Crippen LogP contribution is 2.17. The summed E-state index contributed by atoms with van der Waals surface area (Å²) in [4.78, 5) is 27.5. The summed E-state index contributed by atoms with van der Waals surface area (Å²) in [6.45, 7) is 0. The third-order valence-corrected chi connectivity index (χ3v) is 4.43. The van der Waals surface area contributed by atoms with Crippen LogP contribution in [0, 0.1) is 10.1 Å². The molecule has 3 aromatic heterocycles. The number of hydrogen-bond donors (Lipinski definition) is 0. The third-order valence-electron chi connectivity index (χ3n) is 3.45. The van der Waals surface area contributed by atoms with Crippen LogP contribution in [0.3, 0.4) is 0 Å². The molecule has 4 rings (SSSR count). The monoisotopic (exact) mass is 339 g/mol. The largest absolute Gasteiger partial charge is 0.433 e. The van der Waals surface area contributed by atoms with Gasteiger partial charge in [-0.1, -0.05) is 29.5 Å². The average molecular weight is 339 g/mol. The summed E-state index contributed by atoms with van der Waals surface area (Å²) in [5.41, 5.74) is 1.42. The van der Waals surface area contributed by atoms with Gasteiger partial charge in [0.05, 0.1) is 21.6 Å². The van der Waals surface area contributed by atoms with Crippen molar-refractivity contribution in [2.24, 2.45) is 0 Å². The maximum absolute atomic E-state index is 12.5. The van der Waals surface area contributed by atoms with Crippen LogP contribution in [-0.2, 0) is 0 Å². The molecule has 4 aromatic rings. The Balaban J connectivity index is 1.74. The molecule has 0 saturated heterocycles. The number of nitro groups is 1. The van der Waals surface area contributed by atoms with E-state index >= 15 is 0 Å². The molecule has 7 nitrogen and oxygen atoms in total. The standard InChI is InChI=1S/C16H9N3O4S/c20-15-13(7-3-4-10-8-9-14(23-10)19(21)22)24-16-17-11-5-1-2-6-12(11)18(15)16/h1-9H/b4-3+,13-7+. The van der Waals surface area contributed by atoms with E-state index in [9.17, 15) is 14.9 Å². The first-order chi connectivity index (χ1) is 11.6. The summed E-state index contributed by atoms with van der Waals surface area (Å²) in [6.07, 6.45) is 4.83. The lowest BCUT2D eigenvalue weighted by Gasteiger charge is -1.86. The van der Waals surface area contributed by atoms with Gasteiger partial charge in [-0.2, -0.15) is 0 Å². The summed E-state index contributed by atoms with van der Waals surface area (Å²) >= 11 is 1.29. The first-order valence-corrected chi connectivity index (χ1v) is 7.78. The van der Waals surface area contributed by atoms with Gasteiger partial charge in [-0.3, -0.25) is 14.9 Å². The fraction of sp³-hybridized carbons (Fsp3) is 0. The molecule has 118 valence electrons. The van der Waals surface area contributed by atoms with Gasteiger partial charge in [-0.25, -0.2) is 9.38 Å². The molecule has 0 unspecified atom stereocenters. The van der Waals surface area contributed by atoms with Crippen molar-refractivity contribution in [3.8, 4) is 0 Å². The van der Waals surface area contributed by atoms with Gasteiger partial charge in [0, 0.05) is 0 Å². The highest BCUT2D eigenvalue weighted by Gasteiger charge is 2.11. The van der Waals surface area contributed by atoms with Crippen molar-refractivity contribution in [2.45, 2.75) is 0 Å². The summed E-state index contributed by atoms with van der Waals surface area (Å²) < 4.78 is 7.13. The maximum atomic E-state index is 12.5. The number of allylic oxidation sites excluding steroid dienone is 1. The first-order valence-electron chi connectivity index (χ1n) is 6.96. The molecule has 24 heavy (non-hydrogen) atoms. The van der Waals surface area contributed by atoms with Gasteiger partial charge in [-0.15, -0.1) is 0 Å². The normalized spacial score (nSPS) is 12.8. The van der Waals surface area contributed by atoms with Crippen molar-refractivity contribution < 1.29 is 9.34 Å². The Bertz CT molecular complexity index is 1220. The van der Waals surface area contributed by atoms with Crippen LogP contribution < -0.4 is 10.1 Å². The SMILES string of the molecule is O=c1/c(=C\C=C\c2ccc([N+](=O)[O-])o2)sc2nc3ccccc3n12. The van der Waals surface area contributed by atoms with Gasteiger partial charge in [0.2, 0.25) is 0 Å². The Kier molecular flexibility index (Phi) is 3.24. The summed E-state index contributed by atoms with van der Waals surface area (Å²) in [5.74, 6) is 0.0254. The van der Waals surface area contributed by atoms with Crippen LogP contribution >= 0.6 is 11.3 Å². The van der Waals surface area contributed by atoms with Crippen molar-refractivity contribution >= 4 is 45.4 Å². The number of rotatable bonds is 3. The number of thiazole rings is 1. The van der Waals surface area contributed by atoms with Gasteiger partial charge in [0.1, 0.15) is 10.7 Å². The van der Waals surface area contributed by atoms with E-state index in [1.54, 1.807) is 22.6 Å². The van der Waals surface area contributed by atoms with Crippen LogP contribution in [-0.4, -0.2) is 14.3 Å². The number of furan rings is 1. The van der Waals surface area contributed by atoms with E-state index in [1.807, 2.05) is 24.3 Å². The molecule has 1 aromatic carbocycles. The Labute approximate surface area is 137 Å². The van der Waals surface area contributed by atoms with E-state index in [0.717, 1.165) is 11.0 Å². The average Bonchev–Trinajstić information content (AvgIpc) is 3.23. The van der Waals surface area contributed by atoms with E-state index in [4.69, 9.17) is 4.42 Å². The number of nitrogens with zero attached hydrogens (tertiary/aromatic N) is 3. The minimum Gasteiger partial charge on any atom is -0.401 e. The lowest BCUT2D eigenvalue weighted by molar-refractivity contribution is -0.402. The number of aromatic nitrogens is 2. The Morgan fingerprint density at radius 2 is 2.08 bits per heavy atom. The Morgan fingerprint density at radius 3 is 2.88 bits per heavy atom. The van der Waals surface area contributed by atoms with E-state index in [2.05, 4.69) is 4.98 Å². The number of imidazole rings is 1. The van der Waals surface area contributed by atoms with Crippen LogP contribution in [0.1, 0.15) is 5.76 Å². The predicted octanol–water partition coefficient (Wildman–Crippen LogP) is 2.62. The molecule has 0 radical (unpaired) electrons. The molecule has 0 aliphatic rings. The molecule has 0 amide bonds. The second kappa shape index (κ2) is 5.43. The molecule has 0 atom stereocenters. The van der Waals surface area contributed by atoms with Crippen LogP contribution in [0.15, 0.2) is 51.7 Å². The minimum atomic E-state index is -0.601. The zero-order chi connectivity index (χ0) is 16.7. The van der Waals surface area contributed by atoms with Gasteiger partial charge in [-0.05, 0) is 30.4 Å². The van der Waals surface area contributed by atoms with E-state index in [-0.39, 0.29) is 11.4 Å². The van der Waals surface area contributed by atoms with E-state index in [0.29, 0.717) is 15.3 Å². The lowest BCUT2D eigenvalue weighted by Crippen LogP contribution is -2.22. The van der Waals surface area contributed by atoms with Crippen LogP contribution in [0.4, 0.5) is 5.88 Å². The molecule has 0 aliphatic carbocycles. The third kappa shape index (κ3) is 2.29. The molecule has 0 fully saturated rings. The van der Waals surface area contributed by atoms with Crippen molar-refractivity contribution in [2.75, 3.05) is 0 Å². The van der Waals surface area contributed by atoms with Crippen molar-refractivity contribution in [3.05, 3.63) is 73.2 Å². The van der Waals surface area contributed by atoms with Gasteiger partial charge in [0.15, 0.2) is 4.96 Å². The Morgan fingerprint density at radius 1 is 1.25 bits per heavy atom. The molecule has 8 heteroatoms. The molecule has 0 saturated carbocycles. The van der Waals surface area contributed by atoms with Crippen molar-refractivity contribution in [3.63, 3.8) is 0 Å². The lowest BCUT2D eigenvalue weighted by atomic mass is 10.3. The Hall–Kier alpha value is -3.26. The van der Waals surface area contributed by atoms with Gasteiger partial charge >= 0.3 is 5.88 Å². The number of fused-ring (bicyclic) bond motifs is 3. The second-order valence-corrected chi connectivity index (χ2v) is 5.96. The summed E-state index contributed by atoms with van der Waals surface area (Å²) in [6, 6.07) is 10.2. The minimum absolute atomic E-state index is 0.140. The highest BCUT2D eigenvalue weighted by molar-refractivity contribution is 7.15. The van der Waals surface area contributed by atoms with Crippen molar-refractivity contribution in [1.82, 2.24) is 9.38 Å². The zero-order valence-corrected chi connectivity index (χ0v) is 12.9. The highest BCUT2D eigenvalue weighted by atomic mass is 32.1. The van der Waals surface area contributed by atoms with Crippen LogP contribution in [0.5, 0.6) is 0 Å². The molecular weight excluding hydrogens is 330 g/mol. The smallest absolute Gasteiger partial charge is 0.401 e. The summed E-state index contributed by atoms with van der Waals surface area (Å²) in [7, 11) is 0. The van der Waals surface area contributed by atoms with Crippen molar-refractivity contribution in [1.29, 1.82) is 0 Å². The topological polar surface area (TPSA) is 90.6 Å². The van der Waals surface area contributed by atoms with E-state index in [1.165, 1.54) is 23.5 Å².